The summed E-state index contributed by atoms with van der Waals surface area (Å²) in [7, 11) is 0. The third kappa shape index (κ3) is 5.22. The Labute approximate surface area is 68.9 Å². The second-order valence-electron chi connectivity index (χ2n) is 3.43. The van der Waals surface area contributed by atoms with Crippen molar-refractivity contribution in [2.75, 3.05) is 13.2 Å². The standard InChI is InChI=1S/C9H17O2/c1-8(2)7-10-5-6-11-9-3-4-9/h6,8-9H,3-5,7H2,1-2H3. The van der Waals surface area contributed by atoms with E-state index in [-0.39, 0.29) is 0 Å². The predicted molar refractivity (Wildman–Crippen MR) is 44.1 cm³/mol. The number of ether oxygens (including phenoxy) is 2. The minimum atomic E-state index is 0.512. The zero-order valence-electron chi connectivity index (χ0n) is 7.38. The molecule has 0 atom stereocenters. The van der Waals surface area contributed by atoms with Gasteiger partial charge in [-0.2, -0.15) is 0 Å². The van der Waals surface area contributed by atoms with Crippen LogP contribution in [0.25, 0.3) is 0 Å². The zero-order valence-corrected chi connectivity index (χ0v) is 7.38. The maximum absolute atomic E-state index is 5.29. The van der Waals surface area contributed by atoms with Gasteiger partial charge in [-0.25, -0.2) is 0 Å². The van der Waals surface area contributed by atoms with E-state index < -0.39 is 0 Å². The molecule has 0 N–H and O–H groups in total. The summed E-state index contributed by atoms with van der Waals surface area (Å²) in [5.41, 5.74) is 0. The molecular formula is C9H17O2. The smallest absolute Gasteiger partial charge is 0.110 e. The van der Waals surface area contributed by atoms with Crippen LogP contribution in [0.2, 0.25) is 0 Å². The first-order chi connectivity index (χ1) is 5.29. The van der Waals surface area contributed by atoms with Gasteiger partial charge in [0.25, 0.3) is 0 Å². The fourth-order valence-corrected chi connectivity index (χ4v) is 0.731. The van der Waals surface area contributed by atoms with Crippen LogP contribution < -0.4 is 0 Å². The molecule has 0 unspecified atom stereocenters. The van der Waals surface area contributed by atoms with Crippen LogP contribution in [0.4, 0.5) is 0 Å². The predicted octanol–water partition coefficient (Wildman–Crippen LogP) is 2.00. The highest BCUT2D eigenvalue weighted by atomic mass is 16.5. The number of hydrogen-bond donors (Lipinski definition) is 0. The molecule has 0 spiro atoms. The molecule has 0 heterocycles. The van der Waals surface area contributed by atoms with Crippen LogP contribution in [-0.4, -0.2) is 19.3 Å². The van der Waals surface area contributed by atoms with Crippen molar-refractivity contribution in [3.63, 3.8) is 0 Å². The lowest BCUT2D eigenvalue weighted by atomic mass is 10.2. The number of rotatable bonds is 6. The van der Waals surface area contributed by atoms with Crippen molar-refractivity contribution in [3.8, 4) is 0 Å². The molecule has 0 amide bonds. The summed E-state index contributed by atoms with van der Waals surface area (Å²) < 4.78 is 10.6. The molecule has 1 aliphatic rings. The third-order valence-corrected chi connectivity index (χ3v) is 1.45. The van der Waals surface area contributed by atoms with E-state index in [1.165, 1.54) is 12.8 Å². The first kappa shape index (κ1) is 9.01. The average molecular weight is 157 g/mol. The minimum absolute atomic E-state index is 0.512. The zero-order chi connectivity index (χ0) is 8.10. The monoisotopic (exact) mass is 157 g/mol. The fraction of sp³-hybridized carbons (Fsp3) is 0.889. The first-order valence-corrected chi connectivity index (χ1v) is 4.34. The molecule has 0 aromatic rings. The van der Waals surface area contributed by atoms with Crippen molar-refractivity contribution in [1.82, 2.24) is 0 Å². The lowest BCUT2D eigenvalue weighted by Crippen LogP contribution is -2.05. The van der Waals surface area contributed by atoms with Crippen LogP contribution >= 0.6 is 0 Å². The quantitative estimate of drug-likeness (QED) is 0.549. The van der Waals surface area contributed by atoms with Gasteiger partial charge >= 0.3 is 0 Å². The Kier molecular flexibility index (Phi) is 3.87. The largest absolute Gasteiger partial charge is 0.378 e. The molecule has 1 saturated carbocycles. The molecule has 0 bridgehead atoms. The Balaban J connectivity index is 1.73. The van der Waals surface area contributed by atoms with Crippen molar-refractivity contribution in [3.05, 3.63) is 6.61 Å². The highest BCUT2D eigenvalue weighted by Crippen LogP contribution is 2.23. The summed E-state index contributed by atoms with van der Waals surface area (Å²) in [6, 6.07) is 0. The molecule has 1 rings (SSSR count). The Hall–Kier alpha value is -0.0800. The van der Waals surface area contributed by atoms with Crippen LogP contribution in [0.5, 0.6) is 0 Å². The third-order valence-electron chi connectivity index (χ3n) is 1.45. The van der Waals surface area contributed by atoms with Gasteiger partial charge in [0, 0.05) is 6.61 Å². The van der Waals surface area contributed by atoms with Crippen LogP contribution in [0.15, 0.2) is 0 Å². The van der Waals surface area contributed by atoms with Gasteiger partial charge in [-0.05, 0) is 18.8 Å². The van der Waals surface area contributed by atoms with Gasteiger partial charge in [0.15, 0.2) is 0 Å². The van der Waals surface area contributed by atoms with Crippen molar-refractivity contribution in [2.45, 2.75) is 32.8 Å². The summed E-state index contributed by atoms with van der Waals surface area (Å²) in [6.07, 6.45) is 2.96. The molecule has 11 heavy (non-hydrogen) atoms. The first-order valence-electron chi connectivity index (χ1n) is 4.34. The summed E-state index contributed by atoms with van der Waals surface area (Å²) in [6.45, 7) is 7.52. The summed E-state index contributed by atoms with van der Waals surface area (Å²) >= 11 is 0. The van der Waals surface area contributed by atoms with Gasteiger partial charge < -0.3 is 9.47 Å². The minimum Gasteiger partial charge on any atom is -0.378 e. The lowest BCUT2D eigenvalue weighted by molar-refractivity contribution is 0.0710. The van der Waals surface area contributed by atoms with Crippen molar-refractivity contribution in [1.29, 1.82) is 0 Å². The molecule has 2 heteroatoms. The molecule has 0 aromatic carbocycles. The fourth-order valence-electron chi connectivity index (χ4n) is 0.731. The Morgan fingerprint density at radius 2 is 2.18 bits per heavy atom. The van der Waals surface area contributed by atoms with Gasteiger partial charge in [0.1, 0.15) is 6.61 Å². The van der Waals surface area contributed by atoms with Gasteiger partial charge in [-0.1, -0.05) is 13.8 Å². The van der Waals surface area contributed by atoms with Gasteiger partial charge in [0.05, 0.1) is 12.7 Å². The second kappa shape index (κ2) is 4.73. The van der Waals surface area contributed by atoms with Crippen molar-refractivity contribution < 1.29 is 9.47 Å². The Morgan fingerprint density at radius 1 is 1.45 bits per heavy atom. The maximum Gasteiger partial charge on any atom is 0.110 e. The summed E-state index contributed by atoms with van der Waals surface area (Å²) in [4.78, 5) is 0. The molecule has 1 fully saturated rings. The Morgan fingerprint density at radius 3 is 2.73 bits per heavy atom. The molecule has 1 aliphatic carbocycles. The van der Waals surface area contributed by atoms with E-state index in [1.807, 2.05) is 0 Å². The van der Waals surface area contributed by atoms with E-state index in [0.29, 0.717) is 18.6 Å². The van der Waals surface area contributed by atoms with Crippen LogP contribution in [0.3, 0.4) is 0 Å². The van der Waals surface area contributed by atoms with E-state index in [0.717, 1.165) is 6.61 Å². The molecule has 2 nitrogen and oxygen atoms in total. The van der Waals surface area contributed by atoms with E-state index in [4.69, 9.17) is 9.47 Å². The van der Waals surface area contributed by atoms with E-state index in [2.05, 4.69) is 13.8 Å². The topological polar surface area (TPSA) is 18.5 Å². The van der Waals surface area contributed by atoms with Crippen molar-refractivity contribution >= 4 is 0 Å². The van der Waals surface area contributed by atoms with E-state index >= 15 is 0 Å². The van der Waals surface area contributed by atoms with E-state index in [9.17, 15) is 0 Å². The summed E-state index contributed by atoms with van der Waals surface area (Å²) in [5, 5.41) is 0. The molecule has 65 valence electrons. The van der Waals surface area contributed by atoms with Crippen molar-refractivity contribution in [2.24, 2.45) is 5.92 Å². The molecule has 0 aliphatic heterocycles. The van der Waals surface area contributed by atoms with Crippen LogP contribution in [-0.2, 0) is 9.47 Å². The Bertz CT molecular complexity index is 93.7. The average Bonchev–Trinajstić information content (AvgIpc) is 2.70. The highest BCUT2D eigenvalue weighted by Gasteiger charge is 2.21. The lowest BCUT2D eigenvalue weighted by Gasteiger charge is -2.05. The maximum atomic E-state index is 5.29. The number of hydrogen-bond acceptors (Lipinski definition) is 2. The highest BCUT2D eigenvalue weighted by molar-refractivity contribution is 4.74. The normalized spacial score (nSPS) is 17.7. The molecule has 1 radical (unpaired) electrons. The molecular weight excluding hydrogens is 140 g/mol. The van der Waals surface area contributed by atoms with Crippen LogP contribution in [0.1, 0.15) is 26.7 Å². The summed E-state index contributed by atoms with van der Waals surface area (Å²) in [5.74, 6) is 0.615. The van der Waals surface area contributed by atoms with E-state index in [1.54, 1.807) is 6.61 Å². The second-order valence-corrected chi connectivity index (χ2v) is 3.43. The molecule has 0 saturated heterocycles. The van der Waals surface area contributed by atoms with Gasteiger partial charge in [-0.3, -0.25) is 0 Å². The van der Waals surface area contributed by atoms with Crippen LogP contribution in [0, 0.1) is 12.5 Å². The van der Waals surface area contributed by atoms with Gasteiger partial charge in [-0.15, -0.1) is 0 Å². The van der Waals surface area contributed by atoms with Gasteiger partial charge in [0.2, 0.25) is 0 Å². The SMILES string of the molecule is CC(C)COC[CH]OC1CC1. The molecule has 0 aromatic heterocycles.